The molecular weight excluding hydrogens is 322 g/mol. The van der Waals surface area contributed by atoms with E-state index in [0.29, 0.717) is 11.5 Å². The lowest BCUT2D eigenvalue weighted by Crippen LogP contribution is -2.39. The monoisotopic (exact) mass is 349 g/mol. The van der Waals surface area contributed by atoms with Gasteiger partial charge in [-0.1, -0.05) is 42.5 Å². The zero-order valence-corrected chi connectivity index (χ0v) is 15.1. The second-order valence-corrected chi connectivity index (χ2v) is 7.11. The fraction of sp³-hybridized carbons (Fsp3) is 0.409. The first-order valence-corrected chi connectivity index (χ1v) is 9.39. The lowest BCUT2D eigenvalue weighted by Gasteiger charge is -2.33. The van der Waals surface area contributed by atoms with Gasteiger partial charge in [0.05, 0.1) is 17.7 Å². The molecule has 4 nitrogen and oxygen atoms in total. The largest absolute Gasteiger partial charge is 0.387 e. The molecule has 1 heterocycles. The van der Waals surface area contributed by atoms with Crippen molar-refractivity contribution < 1.29 is 5.11 Å². The zero-order valence-electron chi connectivity index (χ0n) is 15.1. The molecule has 1 saturated heterocycles. The molecule has 26 heavy (non-hydrogen) atoms. The third kappa shape index (κ3) is 5.40. The quantitative estimate of drug-likeness (QED) is 0.806. The number of hydrogen-bond acceptors (Lipinski definition) is 4. The number of β-amino-alcohol motifs (C(OH)–C–C–N with tert-alkyl or cyclic N) is 1. The van der Waals surface area contributed by atoms with Gasteiger partial charge in [-0.3, -0.25) is 0 Å². The number of likely N-dealkylation sites (tertiary alicyclic amines) is 1. The Labute approximate surface area is 156 Å². The number of aliphatic hydroxyl groups is 1. The third-order valence-corrected chi connectivity index (χ3v) is 5.17. The van der Waals surface area contributed by atoms with Gasteiger partial charge >= 0.3 is 0 Å². The summed E-state index contributed by atoms with van der Waals surface area (Å²) in [4.78, 5) is 2.37. The second kappa shape index (κ2) is 9.49. The molecule has 4 heteroatoms. The summed E-state index contributed by atoms with van der Waals surface area (Å²) in [6, 6.07) is 19.8. The van der Waals surface area contributed by atoms with Crippen molar-refractivity contribution in [3.8, 4) is 6.07 Å². The third-order valence-electron chi connectivity index (χ3n) is 5.17. The Morgan fingerprint density at radius 1 is 1.08 bits per heavy atom. The summed E-state index contributed by atoms with van der Waals surface area (Å²) in [6.07, 6.45) is 1.94. The van der Waals surface area contributed by atoms with Crippen LogP contribution in [0.3, 0.4) is 0 Å². The molecule has 0 bridgehead atoms. The molecule has 0 aromatic heterocycles. The number of benzene rings is 2. The Balaban J connectivity index is 1.35. The maximum atomic E-state index is 10.4. The van der Waals surface area contributed by atoms with Crippen LogP contribution in [0.15, 0.2) is 54.6 Å². The van der Waals surface area contributed by atoms with Crippen LogP contribution in [0, 0.1) is 17.2 Å². The van der Waals surface area contributed by atoms with Gasteiger partial charge in [0.2, 0.25) is 0 Å². The van der Waals surface area contributed by atoms with Crippen LogP contribution in [0.5, 0.6) is 0 Å². The van der Waals surface area contributed by atoms with Gasteiger partial charge in [0.15, 0.2) is 0 Å². The normalized spacial score (nSPS) is 16.9. The molecule has 136 valence electrons. The maximum Gasteiger partial charge on any atom is 0.0991 e. The van der Waals surface area contributed by atoms with Crippen LogP contribution in [0.4, 0.5) is 0 Å². The number of piperidine rings is 1. The van der Waals surface area contributed by atoms with Gasteiger partial charge in [0.25, 0.3) is 0 Å². The second-order valence-electron chi connectivity index (χ2n) is 7.11. The minimum atomic E-state index is -0.401. The predicted molar refractivity (Wildman–Crippen MR) is 103 cm³/mol. The Morgan fingerprint density at radius 3 is 2.42 bits per heavy atom. The average molecular weight is 349 g/mol. The number of rotatable bonds is 7. The van der Waals surface area contributed by atoms with E-state index < -0.39 is 6.10 Å². The van der Waals surface area contributed by atoms with Gasteiger partial charge in [-0.2, -0.15) is 5.26 Å². The Hall–Kier alpha value is -2.19. The minimum absolute atomic E-state index is 0.401. The molecule has 0 radical (unpaired) electrons. The van der Waals surface area contributed by atoms with E-state index in [1.54, 1.807) is 0 Å². The van der Waals surface area contributed by atoms with Crippen molar-refractivity contribution in [2.24, 2.45) is 5.92 Å². The van der Waals surface area contributed by atoms with Crippen LogP contribution in [-0.4, -0.2) is 36.2 Å². The van der Waals surface area contributed by atoms with Crippen LogP contribution in [-0.2, 0) is 6.54 Å². The van der Waals surface area contributed by atoms with E-state index >= 15 is 0 Å². The number of nitrogens with one attached hydrogen (secondary N) is 1. The smallest absolute Gasteiger partial charge is 0.0991 e. The summed E-state index contributed by atoms with van der Waals surface area (Å²) in [5.74, 6) is 0.693. The molecule has 0 saturated carbocycles. The van der Waals surface area contributed by atoms with Crippen molar-refractivity contribution in [3.63, 3.8) is 0 Å². The Morgan fingerprint density at radius 2 is 1.77 bits per heavy atom. The van der Waals surface area contributed by atoms with E-state index in [1.807, 2.05) is 54.6 Å². The summed E-state index contributed by atoms with van der Waals surface area (Å²) >= 11 is 0. The fourth-order valence-corrected chi connectivity index (χ4v) is 3.52. The Bertz CT molecular complexity index is 700. The first kappa shape index (κ1) is 18.6. The van der Waals surface area contributed by atoms with Crippen molar-refractivity contribution in [2.45, 2.75) is 25.5 Å². The predicted octanol–water partition coefficient (Wildman–Crippen LogP) is 3.09. The van der Waals surface area contributed by atoms with Crippen LogP contribution >= 0.6 is 0 Å². The molecule has 1 atom stereocenters. The number of aliphatic hydroxyl groups excluding tert-OH is 1. The van der Waals surface area contributed by atoms with Gasteiger partial charge in [0.1, 0.15) is 0 Å². The molecule has 2 aromatic rings. The van der Waals surface area contributed by atoms with Gasteiger partial charge in [-0.05, 0) is 61.7 Å². The molecule has 0 spiro atoms. The first-order valence-electron chi connectivity index (χ1n) is 9.39. The number of nitrogens with zero attached hydrogens (tertiary/aromatic N) is 2. The van der Waals surface area contributed by atoms with Crippen molar-refractivity contribution in [1.82, 2.24) is 10.2 Å². The topological polar surface area (TPSA) is 59.3 Å². The molecule has 2 N–H and O–H groups in total. The molecule has 3 rings (SSSR count). The fourth-order valence-electron chi connectivity index (χ4n) is 3.52. The summed E-state index contributed by atoms with van der Waals surface area (Å²) in [6.45, 7) is 4.68. The molecule has 1 fully saturated rings. The standard InChI is InChI=1S/C22H27N3O/c23-14-18-6-8-19(9-7-18)15-24-16-20-10-12-25(13-11-20)17-22(26)21-4-2-1-3-5-21/h1-9,20,22,24,26H,10-13,15-17H2/t22-/m1/s1. The molecule has 1 aliphatic rings. The van der Waals surface area contributed by atoms with E-state index in [1.165, 1.54) is 18.4 Å². The van der Waals surface area contributed by atoms with E-state index in [2.05, 4.69) is 16.3 Å². The van der Waals surface area contributed by atoms with E-state index in [0.717, 1.165) is 38.3 Å². The van der Waals surface area contributed by atoms with E-state index in [4.69, 9.17) is 5.26 Å². The lowest BCUT2D eigenvalue weighted by atomic mass is 9.96. The lowest BCUT2D eigenvalue weighted by molar-refractivity contribution is 0.0891. The van der Waals surface area contributed by atoms with Crippen LogP contribution < -0.4 is 5.32 Å². The van der Waals surface area contributed by atoms with Crippen molar-refractivity contribution in [1.29, 1.82) is 5.26 Å². The molecular formula is C22H27N3O. The molecule has 0 aliphatic carbocycles. The average Bonchev–Trinajstić information content (AvgIpc) is 2.70. The summed E-state index contributed by atoms with van der Waals surface area (Å²) in [5.41, 5.74) is 2.92. The van der Waals surface area contributed by atoms with Gasteiger partial charge in [0, 0.05) is 13.1 Å². The SMILES string of the molecule is N#Cc1ccc(CNCC2CCN(C[C@@H](O)c3ccccc3)CC2)cc1. The van der Waals surface area contributed by atoms with Gasteiger partial charge in [-0.25, -0.2) is 0 Å². The zero-order chi connectivity index (χ0) is 18.2. The summed E-state index contributed by atoms with van der Waals surface area (Å²) in [7, 11) is 0. The van der Waals surface area contributed by atoms with E-state index in [9.17, 15) is 5.11 Å². The molecule has 0 unspecified atom stereocenters. The highest BCUT2D eigenvalue weighted by Gasteiger charge is 2.21. The highest BCUT2D eigenvalue weighted by molar-refractivity contribution is 5.31. The number of nitriles is 1. The summed E-state index contributed by atoms with van der Waals surface area (Å²) in [5, 5.41) is 22.7. The highest BCUT2D eigenvalue weighted by atomic mass is 16.3. The maximum absolute atomic E-state index is 10.4. The molecule has 2 aromatic carbocycles. The van der Waals surface area contributed by atoms with Crippen molar-refractivity contribution >= 4 is 0 Å². The van der Waals surface area contributed by atoms with Crippen LogP contribution in [0.1, 0.15) is 35.6 Å². The molecule has 0 amide bonds. The molecule has 1 aliphatic heterocycles. The number of hydrogen-bond donors (Lipinski definition) is 2. The Kier molecular flexibility index (Phi) is 6.79. The van der Waals surface area contributed by atoms with Gasteiger partial charge in [-0.15, -0.1) is 0 Å². The first-order chi connectivity index (χ1) is 12.7. The van der Waals surface area contributed by atoms with Crippen molar-refractivity contribution in [3.05, 3.63) is 71.3 Å². The summed E-state index contributed by atoms with van der Waals surface area (Å²) < 4.78 is 0. The van der Waals surface area contributed by atoms with Gasteiger partial charge < -0.3 is 15.3 Å². The van der Waals surface area contributed by atoms with Crippen molar-refractivity contribution in [2.75, 3.05) is 26.2 Å². The van der Waals surface area contributed by atoms with Crippen LogP contribution in [0.25, 0.3) is 0 Å². The van der Waals surface area contributed by atoms with Crippen LogP contribution in [0.2, 0.25) is 0 Å². The highest BCUT2D eigenvalue weighted by Crippen LogP contribution is 2.20. The minimum Gasteiger partial charge on any atom is -0.387 e. The van der Waals surface area contributed by atoms with E-state index in [-0.39, 0.29) is 0 Å².